The van der Waals surface area contributed by atoms with E-state index in [1.54, 1.807) is 14.0 Å². The lowest BCUT2D eigenvalue weighted by atomic mass is 9.96. The molecule has 0 spiro atoms. The van der Waals surface area contributed by atoms with Gasteiger partial charge in [-0.05, 0) is 18.9 Å². The van der Waals surface area contributed by atoms with Gasteiger partial charge in [-0.15, -0.1) is 6.58 Å². The molecule has 1 aromatic rings. The molecule has 0 saturated heterocycles. The maximum absolute atomic E-state index is 11.6. The zero-order valence-corrected chi connectivity index (χ0v) is 10.5. The van der Waals surface area contributed by atoms with E-state index in [9.17, 15) is 4.79 Å². The minimum Gasteiger partial charge on any atom is -0.496 e. The fourth-order valence-electron chi connectivity index (χ4n) is 1.81. The second kappa shape index (κ2) is 6.09. The van der Waals surface area contributed by atoms with Crippen molar-refractivity contribution in [2.75, 3.05) is 14.2 Å². The topological polar surface area (TPSA) is 35.5 Å². The lowest BCUT2D eigenvalue weighted by Crippen LogP contribution is -2.12. The van der Waals surface area contributed by atoms with Crippen LogP contribution in [0.15, 0.2) is 30.9 Å². The predicted octanol–water partition coefficient (Wildman–Crippen LogP) is 2.70. The van der Waals surface area contributed by atoms with Gasteiger partial charge in [0.05, 0.1) is 20.1 Å². The van der Waals surface area contributed by atoms with E-state index < -0.39 is 0 Å². The molecule has 92 valence electrons. The molecule has 17 heavy (non-hydrogen) atoms. The molecule has 3 heteroatoms. The van der Waals surface area contributed by atoms with Gasteiger partial charge in [-0.2, -0.15) is 0 Å². The highest BCUT2D eigenvalue weighted by atomic mass is 16.5. The predicted molar refractivity (Wildman–Crippen MR) is 67.3 cm³/mol. The number of esters is 1. The number of para-hydroxylation sites is 1. The molecule has 0 radical (unpaired) electrons. The second-order valence-corrected chi connectivity index (χ2v) is 3.78. The molecular formula is C14H18O3. The van der Waals surface area contributed by atoms with Crippen LogP contribution in [-0.4, -0.2) is 20.2 Å². The van der Waals surface area contributed by atoms with Crippen LogP contribution in [0.1, 0.15) is 24.0 Å². The molecule has 3 nitrogen and oxygen atoms in total. The highest BCUT2D eigenvalue weighted by molar-refractivity contribution is 5.78. The molecule has 0 aliphatic heterocycles. The summed E-state index contributed by atoms with van der Waals surface area (Å²) >= 11 is 0. The number of methoxy groups -OCH3 is 2. The van der Waals surface area contributed by atoms with Crippen molar-refractivity contribution in [3.8, 4) is 5.75 Å². The van der Waals surface area contributed by atoms with E-state index >= 15 is 0 Å². The van der Waals surface area contributed by atoms with E-state index in [2.05, 4.69) is 6.58 Å². The molecule has 0 N–H and O–H groups in total. The summed E-state index contributed by atoms with van der Waals surface area (Å²) < 4.78 is 10.1. The molecule has 0 saturated carbocycles. The summed E-state index contributed by atoms with van der Waals surface area (Å²) in [7, 11) is 2.99. The molecule has 0 amide bonds. The van der Waals surface area contributed by atoms with Gasteiger partial charge in [0.2, 0.25) is 0 Å². The fraction of sp³-hybridized carbons (Fsp3) is 0.357. The van der Waals surface area contributed by atoms with Crippen LogP contribution < -0.4 is 4.74 Å². The zero-order chi connectivity index (χ0) is 12.8. The van der Waals surface area contributed by atoms with Gasteiger partial charge in [0.25, 0.3) is 0 Å². The van der Waals surface area contributed by atoms with E-state index in [0.29, 0.717) is 6.42 Å². The van der Waals surface area contributed by atoms with Crippen molar-refractivity contribution in [3.05, 3.63) is 42.0 Å². The second-order valence-electron chi connectivity index (χ2n) is 3.78. The summed E-state index contributed by atoms with van der Waals surface area (Å²) in [5.74, 6) is 0.143. The lowest BCUT2D eigenvalue weighted by Gasteiger charge is -2.16. The first-order valence-corrected chi connectivity index (χ1v) is 5.50. The molecule has 1 aromatic carbocycles. The largest absolute Gasteiger partial charge is 0.496 e. The summed E-state index contributed by atoms with van der Waals surface area (Å²) in [6, 6.07) is 5.76. The number of benzene rings is 1. The summed E-state index contributed by atoms with van der Waals surface area (Å²) in [5, 5.41) is 0. The maximum atomic E-state index is 11.6. The highest BCUT2D eigenvalue weighted by Gasteiger charge is 2.20. The Kier molecular flexibility index (Phi) is 4.76. The van der Waals surface area contributed by atoms with Gasteiger partial charge in [-0.25, -0.2) is 0 Å². The Morgan fingerprint density at radius 2 is 2.18 bits per heavy atom. The number of hydrogen-bond acceptors (Lipinski definition) is 3. The molecule has 0 aliphatic rings. The first kappa shape index (κ1) is 13.3. The minimum atomic E-state index is -0.334. The van der Waals surface area contributed by atoms with E-state index in [4.69, 9.17) is 9.47 Å². The van der Waals surface area contributed by atoms with Crippen LogP contribution in [-0.2, 0) is 16.0 Å². The van der Waals surface area contributed by atoms with Gasteiger partial charge in [-0.3, -0.25) is 4.79 Å². The molecule has 0 heterocycles. The third-order valence-electron chi connectivity index (χ3n) is 2.72. The van der Waals surface area contributed by atoms with Crippen molar-refractivity contribution in [1.29, 1.82) is 0 Å². The average Bonchev–Trinajstić information content (AvgIpc) is 2.37. The Balaban J connectivity index is 3.18. The average molecular weight is 234 g/mol. The van der Waals surface area contributed by atoms with Crippen LogP contribution in [0, 0.1) is 0 Å². The SMILES string of the molecule is C=CCc1cccc(C(C)C(=O)OC)c1OC. The van der Waals surface area contributed by atoms with E-state index in [1.807, 2.05) is 24.3 Å². The summed E-state index contributed by atoms with van der Waals surface area (Å²) in [4.78, 5) is 11.6. The molecule has 0 fully saturated rings. The molecule has 1 atom stereocenters. The fourth-order valence-corrected chi connectivity index (χ4v) is 1.81. The summed E-state index contributed by atoms with van der Waals surface area (Å²) in [6.07, 6.45) is 2.52. The van der Waals surface area contributed by atoms with Crippen molar-refractivity contribution >= 4 is 5.97 Å². The Labute approximate surface area is 102 Å². The Bertz CT molecular complexity index is 410. The van der Waals surface area contributed by atoms with Gasteiger partial charge in [0.1, 0.15) is 5.75 Å². The minimum absolute atomic E-state index is 0.265. The quantitative estimate of drug-likeness (QED) is 0.580. The van der Waals surface area contributed by atoms with Crippen LogP contribution in [0.3, 0.4) is 0 Å². The normalized spacial score (nSPS) is 11.7. The van der Waals surface area contributed by atoms with Crippen molar-refractivity contribution in [2.45, 2.75) is 19.3 Å². The van der Waals surface area contributed by atoms with Gasteiger partial charge >= 0.3 is 5.97 Å². The standard InChI is InChI=1S/C14H18O3/c1-5-7-11-8-6-9-12(13(11)16-3)10(2)14(15)17-4/h5-6,8-10H,1,7H2,2-4H3. The van der Waals surface area contributed by atoms with Crippen LogP contribution in [0.2, 0.25) is 0 Å². The van der Waals surface area contributed by atoms with Gasteiger partial charge in [0.15, 0.2) is 0 Å². The van der Waals surface area contributed by atoms with Crippen LogP contribution in [0.5, 0.6) is 5.75 Å². The summed E-state index contributed by atoms with van der Waals surface area (Å²) in [6.45, 7) is 5.52. The third-order valence-corrected chi connectivity index (χ3v) is 2.72. The lowest BCUT2D eigenvalue weighted by molar-refractivity contribution is -0.142. The molecule has 0 aromatic heterocycles. The van der Waals surface area contributed by atoms with Crippen LogP contribution in [0.25, 0.3) is 0 Å². The summed E-state index contributed by atoms with van der Waals surface area (Å²) in [5.41, 5.74) is 1.87. The first-order chi connectivity index (χ1) is 8.15. The molecule has 0 bridgehead atoms. The maximum Gasteiger partial charge on any atom is 0.312 e. The van der Waals surface area contributed by atoms with Crippen molar-refractivity contribution in [1.82, 2.24) is 0 Å². The molecule has 1 unspecified atom stereocenters. The van der Waals surface area contributed by atoms with E-state index in [0.717, 1.165) is 16.9 Å². The van der Waals surface area contributed by atoms with E-state index in [1.165, 1.54) is 7.11 Å². The van der Waals surface area contributed by atoms with Gasteiger partial charge < -0.3 is 9.47 Å². The Morgan fingerprint density at radius 3 is 2.71 bits per heavy atom. The van der Waals surface area contributed by atoms with Crippen molar-refractivity contribution in [3.63, 3.8) is 0 Å². The van der Waals surface area contributed by atoms with E-state index in [-0.39, 0.29) is 11.9 Å². The number of allylic oxidation sites excluding steroid dienone is 1. The van der Waals surface area contributed by atoms with Crippen LogP contribution >= 0.6 is 0 Å². The van der Waals surface area contributed by atoms with Gasteiger partial charge in [-0.1, -0.05) is 24.3 Å². The smallest absolute Gasteiger partial charge is 0.312 e. The number of hydrogen-bond donors (Lipinski definition) is 0. The molecular weight excluding hydrogens is 216 g/mol. The third kappa shape index (κ3) is 2.87. The number of carbonyl (C=O) groups is 1. The molecule has 1 rings (SSSR count). The van der Waals surface area contributed by atoms with Crippen molar-refractivity contribution < 1.29 is 14.3 Å². The Morgan fingerprint density at radius 1 is 1.47 bits per heavy atom. The number of carbonyl (C=O) groups excluding carboxylic acids is 1. The molecule has 0 aliphatic carbocycles. The number of ether oxygens (including phenoxy) is 2. The van der Waals surface area contributed by atoms with Crippen LogP contribution in [0.4, 0.5) is 0 Å². The Hall–Kier alpha value is -1.77. The first-order valence-electron chi connectivity index (χ1n) is 5.50. The van der Waals surface area contributed by atoms with Gasteiger partial charge in [0, 0.05) is 5.56 Å². The zero-order valence-electron chi connectivity index (χ0n) is 10.5. The monoisotopic (exact) mass is 234 g/mol. The number of rotatable bonds is 5. The van der Waals surface area contributed by atoms with Crippen molar-refractivity contribution in [2.24, 2.45) is 0 Å². The highest BCUT2D eigenvalue weighted by Crippen LogP contribution is 2.31.